The number of amides is 3. The van der Waals surface area contributed by atoms with E-state index in [-0.39, 0.29) is 35.0 Å². The van der Waals surface area contributed by atoms with Crippen LogP contribution in [0.15, 0.2) is 66.7 Å². The molecule has 3 amide bonds. The summed E-state index contributed by atoms with van der Waals surface area (Å²) in [6, 6.07) is 14.8. The van der Waals surface area contributed by atoms with E-state index in [9.17, 15) is 27.6 Å². The van der Waals surface area contributed by atoms with E-state index in [4.69, 9.17) is 4.74 Å². The number of benzene rings is 3. The van der Waals surface area contributed by atoms with Gasteiger partial charge in [-0.3, -0.25) is 14.4 Å². The van der Waals surface area contributed by atoms with Crippen molar-refractivity contribution >= 4 is 34.8 Å². The topological polar surface area (TPSA) is 96.5 Å². The van der Waals surface area contributed by atoms with Crippen LogP contribution in [0.2, 0.25) is 0 Å². The molecule has 0 saturated carbocycles. The maximum Gasteiger partial charge on any atom is 0.416 e. The lowest BCUT2D eigenvalue weighted by atomic mass is 10.1. The van der Waals surface area contributed by atoms with Crippen LogP contribution in [0.4, 0.5) is 30.2 Å². The molecule has 1 heterocycles. The third-order valence-electron chi connectivity index (χ3n) is 4.74. The Labute approximate surface area is 185 Å². The number of fused-ring (bicyclic) bond motifs is 1. The summed E-state index contributed by atoms with van der Waals surface area (Å²) < 4.78 is 44.1. The van der Waals surface area contributed by atoms with Crippen molar-refractivity contribution in [3.8, 4) is 5.75 Å². The Morgan fingerprint density at radius 1 is 0.909 bits per heavy atom. The van der Waals surface area contributed by atoms with Crippen LogP contribution in [0.25, 0.3) is 0 Å². The van der Waals surface area contributed by atoms with Crippen molar-refractivity contribution in [1.29, 1.82) is 0 Å². The molecule has 0 spiro atoms. The van der Waals surface area contributed by atoms with Crippen LogP contribution in [0.5, 0.6) is 5.75 Å². The molecular formula is C23H16F3N3O4. The van der Waals surface area contributed by atoms with Gasteiger partial charge < -0.3 is 20.7 Å². The molecule has 1 aliphatic rings. The fourth-order valence-electron chi connectivity index (χ4n) is 3.18. The van der Waals surface area contributed by atoms with Crippen molar-refractivity contribution in [3.05, 3.63) is 83.4 Å². The average Bonchev–Trinajstić information content (AvgIpc) is 2.78. The monoisotopic (exact) mass is 455 g/mol. The second-order valence-corrected chi connectivity index (χ2v) is 7.08. The minimum Gasteiger partial charge on any atom is -0.482 e. The molecule has 0 bridgehead atoms. The molecule has 0 saturated heterocycles. The molecule has 0 aliphatic carbocycles. The summed E-state index contributed by atoms with van der Waals surface area (Å²) in [6.07, 6.45) is -4.55. The molecular weight excluding hydrogens is 439 g/mol. The molecule has 33 heavy (non-hydrogen) atoms. The minimum atomic E-state index is -4.55. The van der Waals surface area contributed by atoms with Gasteiger partial charge in [-0.1, -0.05) is 18.2 Å². The summed E-state index contributed by atoms with van der Waals surface area (Å²) >= 11 is 0. The second kappa shape index (κ2) is 8.65. The van der Waals surface area contributed by atoms with Crippen molar-refractivity contribution in [2.24, 2.45) is 0 Å². The number of ether oxygens (including phenoxy) is 1. The Morgan fingerprint density at radius 3 is 2.48 bits per heavy atom. The molecule has 3 aromatic carbocycles. The summed E-state index contributed by atoms with van der Waals surface area (Å²) in [5, 5.41) is 7.63. The van der Waals surface area contributed by atoms with Gasteiger partial charge in [-0.05, 0) is 48.5 Å². The zero-order valence-corrected chi connectivity index (χ0v) is 16.8. The van der Waals surface area contributed by atoms with Crippen molar-refractivity contribution < 1.29 is 32.3 Å². The van der Waals surface area contributed by atoms with Crippen LogP contribution in [-0.2, 0) is 11.0 Å². The van der Waals surface area contributed by atoms with E-state index in [1.807, 2.05) is 0 Å². The number of para-hydroxylation sites is 1. The van der Waals surface area contributed by atoms with E-state index in [1.165, 1.54) is 42.5 Å². The molecule has 4 rings (SSSR count). The summed E-state index contributed by atoms with van der Waals surface area (Å²) in [5.74, 6) is -1.18. The Balaban J connectivity index is 1.53. The van der Waals surface area contributed by atoms with Crippen LogP contribution >= 0.6 is 0 Å². The smallest absolute Gasteiger partial charge is 0.416 e. The number of rotatable bonds is 4. The largest absolute Gasteiger partial charge is 0.482 e. The summed E-state index contributed by atoms with van der Waals surface area (Å²) in [4.78, 5) is 37.0. The van der Waals surface area contributed by atoms with Gasteiger partial charge in [-0.2, -0.15) is 13.2 Å². The number of carbonyl (C=O) groups excluding carboxylic acids is 3. The number of nitrogens with one attached hydrogen (secondary N) is 3. The number of anilines is 3. The first-order valence-corrected chi connectivity index (χ1v) is 9.66. The second-order valence-electron chi connectivity index (χ2n) is 7.08. The first-order valence-electron chi connectivity index (χ1n) is 9.66. The van der Waals surface area contributed by atoms with Gasteiger partial charge in [0.2, 0.25) is 0 Å². The van der Waals surface area contributed by atoms with E-state index < -0.39 is 23.6 Å². The van der Waals surface area contributed by atoms with E-state index >= 15 is 0 Å². The molecule has 3 aromatic rings. The summed E-state index contributed by atoms with van der Waals surface area (Å²) in [5.41, 5.74) is -0.184. The highest BCUT2D eigenvalue weighted by Gasteiger charge is 2.30. The molecule has 0 aromatic heterocycles. The Bertz CT molecular complexity index is 1260. The van der Waals surface area contributed by atoms with Crippen molar-refractivity contribution in [2.75, 3.05) is 22.6 Å². The first kappa shape index (κ1) is 21.9. The van der Waals surface area contributed by atoms with Crippen LogP contribution in [0.1, 0.15) is 26.3 Å². The molecule has 0 atom stereocenters. The number of alkyl halides is 3. The first-order chi connectivity index (χ1) is 15.7. The number of carbonyl (C=O) groups is 3. The van der Waals surface area contributed by atoms with Gasteiger partial charge in [-0.25, -0.2) is 0 Å². The lowest BCUT2D eigenvalue weighted by Crippen LogP contribution is -2.26. The van der Waals surface area contributed by atoms with Crippen LogP contribution in [0.3, 0.4) is 0 Å². The van der Waals surface area contributed by atoms with Gasteiger partial charge in [0.1, 0.15) is 5.75 Å². The number of hydrogen-bond donors (Lipinski definition) is 3. The average molecular weight is 455 g/mol. The maximum absolute atomic E-state index is 12.9. The van der Waals surface area contributed by atoms with E-state index in [0.29, 0.717) is 11.4 Å². The molecule has 0 radical (unpaired) electrons. The van der Waals surface area contributed by atoms with Crippen molar-refractivity contribution in [1.82, 2.24) is 0 Å². The number of hydrogen-bond acceptors (Lipinski definition) is 4. The molecule has 1 aliphatic heterocycles. The lowest BCUT2D eigenvalue weighted by molar-refractivity contribution is -0.137. The molecule has 0 fully saturated rings. The van der Waals surface area contributed by atoms with Crippen LogP contribution < -0.4 is 20.7 Å². The predicted octanol–water partition coefficient (Wildman–Crippen LogP) is 4.54. The quantitative estimate of drug-likeness (QED) is 0.538. The predicted molar refractivity (Wildman–Crippen MR) is 114 cm³/mol. The molecule has 0 unspecified atom stereocenters. The zero-order chi connectivity index (χ0) is 23.6. The Hall–Kier alpha value is -4.34. The van der Waals surface area contributed by atoms with Gasteiger partial charge >= 0.3 is 6.18 Å². The van der Waals surface area contributed by atoms with Gasteiger partial charge in [-0.15, -0.1) is 0 Å². The SMILES string of the molecule is O=C1COc2ccc(C(=O)Nc3ccccc3C(=O)Nc3cccc(C(F)(F)F)c3)cc2N1. The number of halogens is 3. The highest BCUT2D eigenvalue weighted by molar-refractivity contribution is 6.13. The normalized spacial score (nSPS) is 12.8. The van der Waals surface area contributed by atoms with Gasteiger partial charge in [0.05, 0.1) is 22.5 Å². The van der Waals surface area contributed by atoms with Gasteiger partial charge in [0.15, 0.2) is 6.61 Å². The molecule has 7 nitrogen and oxygen atoms in total. The Morgan fingerprint density at radius 2 is 1.70 bits per heavy atom. The fourth-order valence-corrected chi connectivity index (χ4v) is 3.18. The van der Waals surface area contributed by atoms with E-state index in [1.54, 1.807) is 12.1 Å². The lowest BCUT2D eigenvalue weighted by Gasteiger charge is -2.18. The van der Waals surface area contributed by atoms with Crippen molar-refractivity contribution in [3.63, 3.8) is 0 Å². The fraction of sp³-hybridized carbons (Fsp3) is 0.0870. The molecule has 10 heteroatoms. The standard InChI is InChI=1S/C23H16F3N3O4/c24-23(25,26)14-4-3-5-15(11-14)27-22(32)16-6-1-2-7-17(16)29-21(31)13-8-9-19-18(10-13)28-20(30)12-33-19/h1-11H,12H2,(H,27,32)(H,28,30)(H,29,31). The summed E-state index contributed by atoms with van der Waals surface area (Å²) in [6.45, 7) is -0.118. The minimum absolute atomic E-state index is 0.0404. The summed E-state index contributed by atoms with van der Waals surface area (Å²) in [7, 11) is 0. The third-order valence-corrected chi connectivity index (χ3v) is 4.74. The van der Waals surface area contributed by atoms with Crippen LogP contribution in [0, 0.1) is 0 Å². The highest BCUT2D eigenvalue weighted by atomic mass is 19.4. The van der Waals surface area contributed by atoms with E-state index in [2.05, 4.69) is 16.0 Å². The zero-order valence-electron chi connectivity index (χ0n) is 16.8. The van der Waals surface area contributed by atoms with Crippen LogP contribution in [-0.4, -0.2) is 24.3 Å². The van der Waals surface area contributed by atoms with E-state index in [0.717, 1.165) is 12.1 Å². The Kier molecular flexibility index (Phi) is 5.74. The van der Waals surface area contributed by atoms with Gasteiger partial charge in [0.25, 0.3) is 17.7 Å². The van der Waals surface area contributed by atoms with Gasteiger partial charge in [0, 0.05) is 11.3 Å². The maximum atomic E-state index is 12.9. The molecule has 3 N–H and O–H groups in total. The van der Waals surface area contributed by atoms with Crippen molar-refractivity contribution in [2.45, 2.75) is 6.18 Å². The third kappa shape index (κ3) is 4.95. The molecule has 168 valence electrons. The highest BCUT2D eigenvalue weighted by Crippen LogP contribution is 2.31.